The first-order valence-corrected chi connectivity index (χ1v) is 23.6. The Morgan fingerprint density at radius 3 is 0.884 bits per heavy atom. The van der Waals surface area contributed by atoms with E-state index in [1.807, 2.05) is 0 Å². The molecule has 1 saturated heterocycles. The molecule has 0 aliphatic carbocycles. The average Bonchev–Trinajstić information content (AvgIpc) is 3.28. The zero-order valence-electron chi connectivity index (χ0n) is 37.2. The monoisotopic (exact) mass is 1060 g/mol. The summed E-state index contributed by atoms with van der Waals surface area (Å²) in [6.07, 6.45) is 0. The molecule has 1 fully saturated rings. The fraction of sp³-hybridized carbons (Fsp3) is 0.245. The fourth-order valence-electron chi connectivity index (χ4n) is 9.14. The summed E-state index contributed by atoms with van der Waals surface area (Å²) < 4.78 is 117. The van der Waals surface area contributed by atoms with E-state index in [0.717, 1.165) is 12.1 Å². The van der Waals surface area contributed by atoms with Gasteiger partial charge in [-0.1, -0.05) is 97.1 Å². The molecule has 0 atom stereocenters. The Labute approximate surface area is 412 Å². The summed E-state index contributed by atoms with van der Waals surface area (Å²) in [4.78, 5) is 9.58. The van der Waals surface area contributed by atoms with E-state index in [4.69, 9.17) is 13.0 Å². The van der Waals surface area contributed by atoms with Crippen molar-refractivity contribution in [2.75, 3.05) is 52.4 Å². The molecule has 8 aromatic rings. The molecule has 8 aromatic carbocycles. The number of benzene rings is 8. The van der Waals surface area contributed by atoms with Gasteiger partial charge in [-0.15, -0.1) is 0 Å². The molecule has 0 aromatic heterocycles. The van der Waals surface area contributed by atoms with Gasteiger partial charge < -0.3 is 4.55 Å². The van der Waals surface area contributed by atoms with Gasteiger partial charge in [0.05, 0.1) is 0 Å². The van der Waals surface area contributed by atoms with Crippen molar-refractivity contribution in [3.8, 4) is 0 Å². The molecular formula is C53H48AgF7N4O3S. The Hall–Kier alpha value is -5.20. The van der Waals surface area contributed by atoms with E-state index >= 15 is 0 Å². The van der Waals surface area contributed by atoms with E-state index in [2.05, 4.69) is 129 Å². The average molecular weight is 1060 g/mol. The quantitative estimate of drug-likeness (QED) is 0.0494. The van der Waals surface area contributed by atoms with E-state index in [-0.39, 0.29) is 22.4 Å². The summed E-state index contributed by atoms with van der Waals surface area (Å²) in [7, 11) is -6.09. The zero-order chi connectivity index (χ0) is 48.0. The van der Waals surface area contributed by atoms with Gasteiger partial charge >= 0.3 is 27.9 Å². The van der Waals surface area contributed by atoms with Crippen molar-refractivity contribution >= 4 is 53.2 Å². The third-order valence-corrected chi connectivity index (χ3v) is 13.0. The second-order valence-corrected chi connectivity index (χ2v) is 18.5. The third kappa shape index (κ3) is 13.4. The first kappa shape index (κ1) is 51.6. The molecule has 1 aliphatic heterocycles. The van der Waals surface area contributed by atoms with Crippen LogP contribution in [0.3, 0.4) is 0 Å². The number of halogens is 7. The minimum absolute atomic E-state index is 0. The van der Waals surface area contributed by atoms with Crippen molar-refractivity contribution in [2.24, 2.45) is 0 Å². The molecule has 1 aliphatic rings. The Bertz CT molecular complexity index is 2820. The van der Waals surface area contributed by atoms with E-state index in [1.54, 1.807) is 0 Å². The number of alkyl halides is 3. The molecule has 1 heterocycles. The van der Waals surface area contributed by atoms with Crippen LogP contribution in [0, 0.1) is 23.3 Å². The van der Waals surface area contributed by atoms with Crippen LogP contribution in [-0.4, -0.2) is 90.4 Å². The summed E-state index contributed by atoms with van der Waals surface area (Å²) in [5.41, 5.74) is -1.94. The van der Waals surface area contributed by atoms with Crippen LogP contribution in [0.5, 0.6) is 0 Å². The molecule has 0 unspecified atom stereocenters. The molecule has 16 heteroatoms. The van der Waals surface area contributed by atoms with Crippen molar-refractivity contribution in [2.45, 2.75) is 31.7 Å². The normalized spacial score (nSPS) is 15.4. The number of fused-ring (bicyclic) bond motifs is 4. The maximum Gasteiger partial charge on any atom is 1.00 e. The predicted molar refractivity (Wildman–Crippen MR) is 252 cm³/mol. The second-order valence-electron chi connectivity index (χ2n) is 17.2. The van der Waals surface area contributed by atoms with E-state index in [9.17, 15) is 30.7 Å². The van der Waals surface area contributed by atoms with Gasteiger partial charge in [-0.25, -0.2) is 26.0 Å². The van der Waals surface area contributed by atoms with E-state index < -0.39 is 38.9 Å². The van der Waals surface area contributed by atoms with Gasteiger partial charge in [0, 0.05) is 90.7 Å². The topological polar surface area (TPSA) is 70.2 Å². The summed E-state index contributed by atoms with van der Waals surface area (Å²) in [5.74, 6) is -2.31. The van der Waals surface area contributed by atoms with Crippen molar-refractivity contribution in [1.82, 2.24) is 19.6 Å². The first-order chi connectivity index (χ1) is 32.6. The summed E-state index contributed by atoms with van der Waals surface area (Å²) >= 11 is 0. The Morgan fingerprint density at radius 1 is 0.406 bits per heavy atom. The summed E-state index contributed by atoms with van der Waals surface area (Å²) in [6, 6.07) is 46.1. The molecule has 9 rings (SSSR count). The molecule has 0 bridgehead atoms. The minimum atomic E-state index is -6.09. The summed E-state index contributed by atoms with van der Waals surface area (Å²) in [5, 5.41) is 9.56. The molecule has 0 radical (unpaired) electrons. The van der Waals surface area contributed by atoms with Crippen LogP contribution in [0.15, 0.2) is 146 Å². The van der Waals surface area contributed by atoms with Gasteiger partial charge in [-0.3, -0.25) is 19.6 Å². The fourth-order valence-corrected chi connectivity index (χ4v) is 9.14. The van der Waals surface area contributed by atoms with Crippen LogP contribution in [-0.2, 0) is 58.7 Å². The molecule has 0 amide bonds. The van der Waals surface area contributed by atoms with Gasteiger partial charge in [0.15, 0.2) is 10.1 Å². The number of hydrogen-bond acceptors (Lipinski definition) is 7. The molecule has 69 heavy (non-hydrogen) atoms. The Kier molecular flexibility index (Phi) is 17.0. The first-order valence-electron chi connectivity index (χ1n) is 22.2. The maximum absolute atomic E-state index is 14.6. The van der Waals surface area contributed by atoms with Crippen molar-refractivity contribution in [3.05, 3.63) is 191 Å². The third-order valence-electron chi connectivity index (χ3n) is 12.4. The predicted octanol–water partition coefficient (Wildman–Crippen LogP) is 11.2. The molecule has 7 nitrogen and oxygen atoms in total. The van der Waals surface area contributed by atoms with Crippen molar-refractivity contribution < 1.29 is 66.1 Å². The van der Waals surface area contributed by atoms with Crippen LogP contribution in [0.1, 0.15) is 22.3 Å². The van der Waals surface area contributed by atoms with E-state index in [1.165, 1.54) is 78.5 Å². The van der Waals surface area contributed by atoms with Gasteiger partial charge in [0.25, 0.3) is 0 Å². The zero-order valence-corrected chi connectivity index (χ0v) is 39.5. The SMILES string of the molecule is Fc1cc(F)cc(CN2CCN(Cc3c4ccccc4cc4ccccc34)CCN(Cc3cc(F)cc(F)c3)CCN(Cc3c4ccccc4cc4ccccc34)CC2)c1.O=S(=O)([O-])C(F)(F)F.[Ag+]. The molecular weight excluding hydrogens is 1010 g/mol. The van der Waals surface area contributed by atoms with Crippen LogP contribution in [0.25, 0.3) is 43.1 Å². The Balaban J connectivity index is 0.000000719. The van der Waals surface area contributed by atoms with Crippen LogP contribution in [0.2, 0.25) is 0 Å². The van der Waals surface area contributed by atoms with Gasteiger partial charge in [-0.2, -0.15) is 13.2 Å². The Morgan fingerprint density at radius 2 is 0.638 bits per heavy atom. The van der Waals surface area contributed by atoms with Gasteiger partial charge in [0.1, 0.15) is 23.3 Å². The smallest absolute Gasteiger partial charge is 0.741 e. The largest absolute Gasteiger partial charge is 1.00 e. The van der Waals surface area contributed by atoms with Crippen LogP contribution in [0.4, 0.5) is 30.7 Å². The number of hydrogen-bond donors (Lipinski definition) is 0. The van der Waals surface area contributed by atoms with Crippen LogP contribution >= 0.6 is 0 Å². The van der Waals surface area contributed by atoms with Gasteiger partial charge in [-0.05, 0) is 102 Å². The summed E-state index contributed by atoms with van der Waals surface area (Å²) in [6.45, 7) is 7.66. The minimum Gasteiger partial charge on any atom is -0.741 e. The maximum atomic E-state index is 14.6. The molecule has 364 valence electrons. The van der Waals surface area contributed by atoms with Gasteiger partial charge in [0.2, 0.25) is 0 Å². The standard InChI is InChI=1S/C52H48F4N4.CHF3O3S.Ag/c53-43-25-37(26-44(54)31-43)33-57-17-21-59(35-51-47-13-5-1-9-39(47)29-40-10-2-6-14-48(40)51)22-18-58(34-38-27-45(55)32-46(56)28-38)20-24-60(23-19-57)36-52-49-15-7-3-11-41(49)30-42-12-4-8-16-50(42)52;2-1(3,4)8(5,6)7;/h1-16,25-32H,17-24,33-36H2;(H,5,6,7);/q;;+1/p-1. The molecule has 0 N–H and O–H groups in total. The second kappa shape index (κ2) is 22.7. The molecule has 0 saturated carbocycles. The van der Waals surface area contributed by atoms with Crippen molar-refractivity contribution in [3.63, 3.8) is 0 Å². The van der Waals surface area contributed by atoms with Crippen LogP contribution < -0.4 is 0 Å². The molecule has 0 spiro atoms. The van der Waals surface area contributed by atoms with E-state index in [0.29, 0.717) is 89.7 Å². The van der Waals surface area contributed by atoms with Crippen molar-refractivity contribution in [1.29, 1.82) is 0 Å². The number of nitrogens with zero attached hydrogens (tertiary/aromatic N) is 4. The number of rotatable bonds is 8.